The molecule has 3 aromatic rings. The van der Waals surface area contributed by atoms with E-state index in [1.165, 1.54) is 18.5 Å². The highest BCUT2D eigenvalue weighted by atomic mass is 35.5. The maximum atomic E-state index is 13.4. The van der Waals surface area contributed by atoms with Crippen LogP contribution in [0.3, 0.4) is 0 Å². The molecule has 4 rings (SSSR count). The van der Waals surface area contributed by atoms with Crippen LogP contribution in [0.15, 0.2) is 53.8 Å². The van der Waals surface area contributed by atoms with Gasteiger partial charge in [-0.05, 0) is 43.3 Å². The van der Waals surface area contributed by atoms with Gasteiger partial charge in [0.15, 0.2) is 11.0 Å². The number of nitrogens with zero attached hydrogens (tertiary/aromatic N) is 4. The third-order valence-corrected chi connectivity index (χ3v) is 4.46. The molecule has 0 aliphatic carbocycles. The molecule has 0 saturated carbocycles. The first-order chi connectivity index (χ1) is 12.0. The molecule has 0 N–H and O–H groups in total. The second-order valence-corrected chi connectivity index (χ2v) is 6.24. The Morgan fingerprint density at radius 3 is 2.56 bits per heavy atom. The summed E-state index contributed by atoms with van der Waals surface area (Å²) in [5.74, 6) is 0.337. The number of fused-ring (bicyclic) bond motifs is 2. The van der Waals surface area contributed by atoms with E-state index in [-0.39, 0.29) is 11.0 Å². The lowest BCUT2D eigenvalue weighted by Gasteiger charge is -2.20. The summed E-state index contributed by atoms with van der Waals surface area (Å²) in [4.78, 5) is 15.1. The Morgan fingerprint density at radius 1 is 1.04 bits per heavy atom. The molecule has 0 fully saturated rings. The molecule has 0 spiro atoms. The maximum Gasteiger partial charge on any atom is 0.163 e. The first-order valence-electron chi connectivity index (χ1n) is 7.74. The van der Waals surface area contributed by atoms with Gasteiger partial charge in [-0.25, -0.2) is 19.4 Å². The van der Waals surface area contributed by atoms with Crippen molar-refractivity contribution >= 4 is 34.5 Å². The summed E-state index contributed by atoms with van der Waals surface area (Å²) in [7, 11) is 1.92. The van der Waals surface area contributed by atoms with Crippen molar-refractivity contribution < 1.29 is 4.39 Å². The summed E-state index contributed by atoms with van der Waals surface area (Å²) < 4.78 is 13.4. The van der Waals surface area contributed by atoms with Gasteiger partial charge in [0.05, 0.1) is 11.4 Å². The molecule has 0 amide bonds. The Bertz CT molecular complexity index is 999. The Morgan fingerprint density at radius 2 is 1.80 bits per heavy atom. The van der Waals surface area contributed by atoms with Crippen molar-refractivity contribution in [3.05, 3.63) is 76.5 Å². The van der Waals surface area contributed by atoms with Crippen LogP contribution in [0, 0.1) is 12.7 Å². The Kier molecular flexibility index (Phi) is 3.73. The Balaban J connectivity index is 2.06. The van der Waals surface area contributed by atoms with Crippen LogP contribution in [-0.2, 0) is 0 Å². The van der Waals surface area contributed by atoms with Crippen molar-refractivity contribution in [2.45, 2.75) is 6.92 Å². The van der Waals surface area contributed by atoms with E-state index >= 15 is 0 Å². The number of hydrogen-bond donors (Lipinski definition) is 0. The molecular weight excluding hydrogens is 339 g/mol. The largest absolute Gasteiger partial charge is 0.327 e. The molecule has 1 aliphatic rings. The third kappa shape index (κ3) is 2.66. The lowest BCUT2D eigenvalue weighted by atomic mass is 9.98. The molecule has 6 heteroatoms. The molecule has 4 nitrogen and oxygen atoms in total. The fourth-order valence-electron chi connectivity index (χ4n) is 2.94. The minimum Gasteiger partial charge on any atom is -0.327 e. The summed E-state index contributed by atoms with van der Waals surface area (Å²) in [5, 5.41) is 0.279. The van der Waals surface area contributed by atoms with Crippen LogP contribution in [0.5, 0.6) is 0 Å². The van der Waals surface area contributed by atoms with E-state index in [0.717, 1.165) is 22.4 Å². The highest BCUT2D eigenvalue weighted by molar-refractivity contribution is 6.33. The number of halogens is 2. The summed E-state index contributed by atoms with van der Waals surface area (Å²) in [6.45, 7) is 2.02. The van der Waals surface area contributed by atoms with Gasteiger partial charge in [0, 0.05) is 18.2 Å². The number of aromatic nitrogens is 2. The monoisotopic (exact) mass is 352 g/mol. The second-order valence-electron chi connectivity index (χ2n) is 5.88. The summed E-state index contributed by atoms with van der Waals surface area (Å²) in [6.07, 6.45) is 1.42. The van der Waals surface area contributed by atoms with Crippen LogP contribution in [0.4, 0.5) is 21.6 Å². The highest BCUT2D eigenvalue weighted by Crippen LogP contribution is 2.41. The zero-order chi connectivity index (χ0) is 17.6. The molecular formula is C19H14ClFN4. The van der Waals surface area contributed by atoms with Crippen molar-refractivity contribution in [1.82, 2.24) is 9.97 Å². The van der Waals surface area contributed by atoms with Crippen LogP contribution in [-0.4, -0.2) is 22.7 Å². The number of anilines is 2. The van der Waals surface area contributed by atoms with Gasteiger partial charge < -0.3 is 4.90 Å². The van der Waals surface area contributed by atoms with Gasteiger partial charge in [-0.3, -0.25) is 0 Å². The fraction of sp³-hybridized carbons (Fsp3) is 0.105. The van der Waals surface area contributed by atoms with Gasteiger partial charge in [0.1, 0.15) is 17.8 Å². The predicted octanol–water partition coefficient (Wildman–Crippen LogP) is 4.83. The highest BCUT2D eigenvalue weighted by Gasteiger charge is 2.24. The summed E-state index contributed by atoms with van der Waals surface area (Å²) in [6, 6.07) is 12.4. The van der Waals surface area contributed by atoms with Crippen LogP contribution in [0.25, 0.3) is 0 Å². The second kappa shape index (κ2) is 5.93. The maximum absolute atomic E-state index is 13.4. The molecule has 1 aromatic heterocycles. The van der Waals surface area contributed by atoms with E-state index < -0.39 is 0 Å². The minimum atomic E-state index is -0.290. The zero-order valence-corrected chi connectivity index (χ0v) is 14.4. The van der Waals surface area contributed by atoms with Crippen LogP contribution < -0.4 is 4.90 Å². The lowest BCUT2D eigenvalue weighted by molar-refractivity contribution is 0.628. The first kappa shape index (κ1) is 15.7. The molecule has 0 saturated heterocycles. The number of aliphatic imine (C=N–C) groups is 1. The molecule has 0 radical (unpaired) electrons. The van der Waals surface area contributed by atoms with Gasteiger partial charge in [-0.1, -0.05) is 23.2 Å². The average molecular weight is 353 g/mol. The zero-order valence-electron chi connectivity index (χ0n) is 13.7. The van der Waals surface area contributed by atoms with Crippen molar-refractivity contribution in [2.24, 2.45) is 4.99 Å². The van der Waals surface area contributed by atoms with E-state index in [1.807, 2.05) is 31.0 Å². The van der Waals surface area contributed by atoms with Gasteiger partial charge in [0.25, 0.3) is 0 Å². The van der Waals surface area contributed by atoms with Crippen molar-refractivity contribution in [1.29, 1.82) is 0 Å². The number of aryl methyl sites for hydroxylation is 1. The van der Waals surface area contributed by atoms with Gasteiger partial charge >= 0.3 is 0 Å². The van der Waals surface area contributed by atoms with Crippen molar-refractivity contribution in [3.8, 4) is 0 Å². The van der Waals surface area contributed by atoms with E-state index in [2.05, 4.69) is 16.0 Å². The minimum absolute atomic E-state index is 0.279. The normalized spacial score (nSPS) is 13.0. The molecule has 0 bridgehead atoms. The van der Waals surface area contributed by atoms with E-state index in [9.17, 15) is 4.39 Å². The molecule has 1 aliphatic heterocycles. The SMILES string of the molecule is Cc1ccc2c(c1)C(c1ccc(F)cc1)=Nc1c(Cl)ncnc1N2C. The number of hydrogen-bond acceptors (Lipinski definition) is 4. The summed E-state index contributed by atoms with van der Waals surface area (Å²) >= 11 is 6.29. The van der Waals surface area contributed by atoms with Crippen molar-refractivity contribution in [3.63, 3.8) is 0 Å². The molecule has 25 heavy (non-hydrogen) atoms. The number of benzene rings is 2. The van der Waals surface area contributed by atoms with Crippen molar-refractivity contribution in [2.75, 3.05) is 11.9 Å². The van der Waals surface area contributed by atoms with Gasteiger partial charge in [-0.15, -0.1) is 0 Å². The van der Waals surface area contributed by atoms with Crippen LogP contribution in [0.2, 0.25) is 5.15 Å². The molecule has 2 aromatic carbocycles. The standard InChI is InChI=1S/C19H14ClFN4/c1-11-3-8-15-14(9-11)16(12-4-6-13(21)7-5-12)24-17-18(20)22-10-23-19(17)25(15)2/h3-10H,1-2H3. The first-order valence-corrected chi connectivity index (χ1v) is 8.12. The quantitative estimate of drug-likeness (QED) is 0.589. The Hall–Kier alpha value is -2.79. The molecule has 2 heterocycles. The number of rotatable bonds is 1. The Labute approximate surface area is 149 Å². The molecule has 0 atom stereocenters. The smallest absolute Gasteiger partial charge is 0.163 e. The molecule has 0 unspecified atom stereocenters. The predicted molar refractivity (Wildman–Crippen MR) is 98.0 cm³/mol. The third-order valence-electron chi connectivity index (χ3n) is 4.19. The van der Waals surface area contributed by atoms with Crippen LogP contribution >= 0.6 is 11.6 Å². The van der Waals surface area contributed by atoms with E-state index in [4.69, 9.17) is 16.6 Å². The average Bonchev–Trinajstić information content (AvgIpc) is 2.72. The van der Waals surface area contributed by atoms with Gasteiger partial charge in [0.2, 0.25) is 0 Å². The summed E-state index contributed by atoms with van der Waals surface area (Å²) in [5.41, 5.74) is 4.99. The van der Waals surface area contributed by atoms with Crippen LogP contribution in [0.1, 0.15) is 16.7 Å². The lowest BCUT2D eigenvalue weighted by Crippen LogP contribution is -2.14. The molecule has 124 valence electrons. The van der Waals surface area contributed by atoms with E-state index in [1.54, 1.807) is 12.1 Å². The van der Waals surface area contributed by atoms with Gasteiger partial charge in [-0.2, -0.15) is 0 Å². The topological polar surface area (TPSA) is 41.4 Å². The van der Waals surface area contributed by atoms with E-state index in [0.29, 0.717) is 17.2 Å². The fourth-order valence-corrected chi connectivity index (χ4v) is 3.11.